The predicted molar refractivity (Wildman–Crippen MR) is 110 cm³/mol. The van der Waals surface area contributed by atoms with Gasteiger partial charge in [-0.2, -0.15) is 0 Å². The van der Waals surface area contributed by atoms with Crippen molar-refractivity contribution in [3.05, 3.63) is 40.9 Å². The quantitative estimate of drug-likeness (QED) is 0.761. The van der Waals surface area contributed by atoms with Gasteiger partial charge in [-0.25, -0.2) is 4.98 Å². The number of nitrogens with one attached hydrogen (secondary N) is 1. The fourth-order valence-corrected chi connectivity index (χ4v) is 4.38. The van der Waals surface area contributed by atoms with Crippen LogP contribution in [0, 0.1) is 0 Å². The van der Waals surface area contributed by atoms with E-state index in [0.717, 1.165) is 44.8 Å². The van der Waals surface area contributed by atoms with Crippen LogP contribution in [0.15, 0.2) is 29.6 Å². The first-order valence-electron chi connectivity index (χ1n) is 10.1. The SMILES string of the molecule is O=C(Nc1nc(CN2CCCCC2)cs1)c1ccccc1OCC1CCCO1. The van der Waals surface area contributed by atoms with Gasteiger partial charge in [-0.15, -0.1) is 11.3 Å². The number of carbonyl (C=O) groups is 1. The number of aromatic nitrogens is 1. The van der Waals surface area contributed by atoms with E-state index >= 15 is 0 Å². The van der Waals surface area contributed by atoms with Crippen molar-refractivity contribution in [2.45, 2.75) is 44.8 Å². The van der Waals surface area contributed by atoms with Crippen LogP contribution in [0.2, 0.25) is 0 Å². The molecule has 28 heavy (non-hydrogen) atoms. The molecule has 2 fully saturated rings. The van der Waals surface area contributed by atoms with Crippen molar-refractivity contribution >= 4 is 22.4 Å². The van der Waals surface area contributed by atoms with Crippen molar-refractivity contribution in [3.63, 3.8) is 0 Å². The molecule has 150 valence electrons. The van der Waals surface area contributed by atoms with Gasteiger partial charge in [-0.3, -0.25) is 15.0 Å². The second-order valence-corrected chi connectivity index (χ2v) is 8.24. The van der Waals surface area contributed by atoms with Crippen molar-refractivity contribution in [1.29, 1.82) is 0 Å². The second-order valence-electron chi connectivity index (χ2n) is 7.38. The molecule has 2 aliphatic heterocycles. The molecule has 1 aromatic heterocycles. The Balaban J connectivity index is 1.35. The molecule has 1 atom stereocenters. The van der Waals surface area contributed by atoms with Crippen molar-refractivity contribution < 1.29 is 14.3 Å². The molecule has 2 aliphatic rings. The number of benzene rings is 1. The first-order chi connectivity index (χ1) is 13.8. The van der Waals surface area contributed by atoms with Crippen LogP contribution in [0.3, 0.4) is 0 Å². The number of ether oxygens (including phenoxy) is 2. The standard InChI is InChI=1S/C21H27N3O3S/c25-20(18-8-2-3-9-19(18)27-14-17-7-6-12-26-17)23-21-22-16(15-28-21)13-24-10-4-1-5-11-24/h2-3,8-9,15,17H,1,4-7,10-14H2,(H,22,23,25). The lowest BCUT2D eigenvalue weighted by molar-refractivity contribution is 0.0673. The molecular formula is C21H27N3O3S. The Labute approximate surface area is 169 Å². The lowest BCUT2D eigenvalue weighted by Crippen LogP contribution is -2.29. The summed E-state index contributed by atoms with van der Waals surface area (Å²) in [6, 6.07) is 7.33. The molecule has 0 radical (unpaired) electrons. The Morgan fingerprint density at radius 1 is 1.25 bits per heavy atom. The summed E-state index contributed by atoms with van der Waals surface area (Å²) in [5.74, 6) is 0.391. The summed E-state index contributed by atoms with van der Waals surface area (Å²) in [5, 5.41) is 5.59. The van der Waals surface area contributed by atoms with Gasteiger partial charge in [0.15, 0.2) is 5.13 Å². The van der Waals surface area contributed by atoms with E-state index in [1.165, 1.54) is 30.6 Å². The molecule has 2 aromatic rings. The van der Waals surface area contributed by atoms with Gasteiger partial charge < -0.3 is 9.47 Å². The minimum atomic E-state index is -0.193. The molecule has 0 bridgehead atoms. The smallest absolute Gasteiger partial charge is 0.261 e. The van der Waals surface area contributed by atoms with E-state index in [1.807, 2.05) is 23.6 Å². The maximum Gasteiger partial charge on any atom is 0.261 e. The first kappa shape index (κ1) is 19.4. The Kier molecular flexibility index (Phi) is 6.57. The normalized spacial score (nSPS) is 20.2. The van der Waals surface area contributed by atoms with E-state index in [2.05, 4.69) is 15.2 Å². The largest absolute Gasteiger partial charge is 0.490 e. The van der Waals surface area contributed by atoms with E-state index in [9.17, 15) is 4.79 Å². The summed E-state index contributed by atoms with van der Waals surface area (Å²) in [4.78, 5) is 19.8. The lowest BCUT2D eigenvalue weighted by Gasteiger charge is -2.25. The minimum absolute atomic E-state index is 0.118. The number of carbonyl (C=O) groups excluding carboxylic acids is 1. The Bertz CT molecular complexity index is 783. The van der Waals surface area contributed by atoms with Gasteiger partial charge in [-0.05, 0) is 50.9 Å². The fourth-order valence-electron chi connectivity index (χ4n) is 3.69. The number of anilines is 1. The van der Waals surface area contributed by atoms with Gasteiger partial charge >= 0.3 is 0 Å². The van der Waals surface area contributed by atoms with Crippen molar-refractivity contribution in [1.82, 2.24) is 9.88 Å². The van der Waals surface area contributed by atoms with Crippen LogP contribution in [0.5, 0.6) is 5.75 Å². The zero-order valence-electron chi connectivity index (χ0n) is 16.1. The Morgan fingerprint density at radius 2 is 2.11 bits per heavy atom. The van der Waals surface area contributed by atoms with Gasteiger partial charge in [0.25, 0.3) is 5.91 Å². The third-order valence-corrected chi connectivity index (χ3v) is 5.99. The highest BCUT2D eigenvalue weighted by molar-refractivity contribution is 7.14. The van der Waals surface area contributed by atoms with Crippen LogP contribution in [0.25, 0.3) is 0 Å². The van der Waals surface area contributed by atoms with Crippen LogP contribution in [0.1, 0.15) is 48.2 Å². The van der Waals surface area contributed by atoms with Gasteiger partial charge in [0.1, 0.15) is 12.4 Å². The van der Waals surface area contributed by atoms with Crippen LogP contribution in [-0.2, 0) is 11.3 Å². The number of hydrogen-bond donors (Lipinski definition) is 1. The molecule has 1 unspecified atom stereocenters. The first-order valence-corrected chi connectivity index (χ1v) is 11.0. The molecule has 3 heterocycles. The average molecular weight is 402 g/mol. The predicted octanol–water partition coefficient (Wildman–Crippen LogP) is 3.94. The highest BCUT2D eigenvalue weighted by Gasteiger charge is 2.19. The van der Waals surface area contributed by atoms with Crippen molar-refractivity contribution in [2.24, 2.45) is 0 Å². The molecule has 0 saturated carbocycles. The number of thiazole rings is 1. The molecule has 7 heteroatoms. The number of hydrogen-bond acceptors (Lipinski definition) is 6. The number of rotatable bonds is 7. The molecule has 4 rings (SSSR count). The topological polar surface area (TPSA) is 63.7 Å². The zero-order valence-corrected chi connectivity index (χ0v) is 16.9. The van der Waals surface area contributed by atoms with Crippen molar-refractivity contribution in [3.8, 4) is 5.75 Å². The van der Waals surface area contributed by atoms with Crippen LogP contribution in [-0.4, -0.2) is 48.2 Å². The van der Waals surface area contributed by atoms with E-state index in [4.69, 9.17) is 9.47 Å². The summed E-state index contributed by atoms with van der Waals surface area (Å²) in [6.07, 6.45) is 6.04. The monoisotopic (exact) mass is 401 g/mol. The van der Waals surface area contributed by atoms with Crippen molar-refractivity contribution in [2.75, 3.05) is 31.6 Å². The number of likely N-dealkylation sites (tertiary alicyclic amines) is 1. The summed E-state index contributed by atoms with van der Waals surface area (Å²) < 4.78 is 11.5. The summed E-state index contributed by atoms with van der Waals surface area (Å²) in [5.41, 5.74) is 1.54. The zero-order chi connectivity index (χ0) is 19.2. The maximum atomic E-state index is 12.8. The van der Waals surface area contributed by atoms with Gasteiger partial charge in [0.05, 0.1) is 17.4 Å². The third kappa shape index (κ3) is 5.10. The van der Waals surface area contributed by atoms with Crippen LogP contribution >= 0.6 is 11.3 Å². The van der Waals surface area contributed by atoms with Gasteiger partial charge in [-0.1, -0.05) is 18.6 Å². The molecule has 6 nitrogen and oxygen atoms in total. The number of para-hydroxylation sites is 1. The highest BCUT2D eigenvalue weighted by atomic mass is 32.1. The molecule has 2 saturated heterocycles. The van der Waals surface area contributed by atoms with E-state index in [1.54, 1.807) is 6.07 Å². The van der Waals surface area contributed by atoms with Gasteiger partial charge in [0, 0.05) is 18.5 Å². The number of piperidine rings is 1. The van der Waals surface area contributed by atoms with Crippen LogP contribution < -0.4 is 10.1 Å². The summed E-state index contributed by atoms with van der Waals surface area (Å²) in [7, 11) is 0. The fraction of sp³-hybridized carbons (Fsp3) is 0.524. The van der Waals surface area contributed by atoms with E-state index in [-0.39, 0.29) is 12.0 Å². The van der Waals surface area contributed by atoms with Gasteiger partial charge in [0.2, 0.25) is 0 Å². The number of amides is 1. The van der Waals surface area contributed by atoms with E-state index in [0.29, 0.717) is 23.1 Å². The third-order valence-electron chi connectivity index (χ3n) is 5.19. The molecular weight excluding hydrogens is 374 g/mol. The molecule has 0 aliphatic carbocycles. The molecule has 1 N–H and O–H groups in total. The van der Waals surface area contributed by atoms with E-state index < -0.39 is 0 Å². The minimum Gasteiger partial charge on any atom is -0.490 e. The Morgan fingerprint density at radius 3 is 2.93 bits per heavy atom. The number of nitrogens with zero attached hydrogens (tertiary/aromatic N) is 2. The average Bonchev–Trinajstić information content (AvgIpc) is 3.39. The summed E-state index contributed by atoms with van der Waals surface area (Å²) in [6.45, 7) is 4.39. The maximum absolute atomic E-state index is 12.8. The van der Waals surface area contributed by atoms with Crippen LogP contribution in [0.4, 0.5) is 5.13 Å². The lowest BCUT2D eigenvalue weighted by atomic mass is 10.1. The molecule has 1 amide bonds. The summed E-state index contributed by atoms with van der Waals surface area (Å²) >= 11 is 1.47. The highest BCUT2D eigenvalue weighted by Crippen LogP contribution is 2.24. The second kappa shape index (κ2) is 9.49. The molecule has 0 spiro atoms. The molecule has 1 aromatic carbocycles. The Hall–Kier alpha value is -1.96.